The summed E-state index contributed by atoms with van der Waals surface area (Å²) in [5.41, 5.74) is 2.00. The van der Waals surface area contributed by atoms with Gasteiger partial charge >= 0.3 is 5.97 Å². The summed E-state index contributed by atoms with van der Waals surface area (Å²) in [7, 11) is 1.51. The van der Waals surface area contributed by atoms with E-state index in [-0.39, 0.29) is 36.2 Å². The maximum absolute atomic E-state index is 13.0. The molecule has 0 bridgehead atoms. The number of hydrogen-bond acceptors (Lipinski definition) is 3. The number of carbonyl (C=O) groups excluding carboxylic acids is 1. The molecule has 25 heavy (non-hydrogen) atoms. The third-order valence-electron chi connectivity index (χ3n) is 3.77. The highest BCUT2D eigenvalue weighted by Crippen LogP contribution is 2.21. The molecule has 1 amide bonds. The standard InChI is InChI=1S/C19H20FNO4/c1-12(14-3-5-16(20)6-4-14)7-18(22)21-17-9-13(11-25-2)8-15(10-17)19(23)24/h3-6,8-10,12H,7,11H2,1-2H3,(H,21,22)(H,23,24). The number of carboxylic acids is 1. The molecular formula is C19H20FNO4. The predicted molar refractivity (Wildman–Crippen MR) is 92.2 cm³/mol. The van der Waals surface area contributed by atoms with Gasteiger partial charge in [0.05, 0.1) is 12.2 Å². The SMILES string of the molecule is COCc1cc(NC(=O)CC(C)c2ccc(F)cc2)cc(C(=O)O)c1. The number of carboxylic acid groups (broad SMARTS) is 1. The highest BCUT2D eigenvalue weighted by molar-refractivity contribution is 5.94. The van der Waals surface area contributed by atoms with Crippen LogP contribution in [0.4, 0.5) is 10.1 Å². The smallest absolute Gasteiger partial charge is 0.335 e. The zero-order chi connectivity index (χ0) is 18.4. The second-order valence-electron chi connectivity index (χ2n) is 5.86. The van der Waals surface area contributed by atoms with Gasteiger partial charge in [-0.15, -0.1) is 0 Å². The molecule has 0 radical (unpaired) electrons. The Bertz CT molecular complexity index is 759. The monoisotopic (exact) mass is 345 g/mol. The van der Waals surface area contributed by atoms with Crippen LogP contribution in [0.3, 0.4) is 0 Å². The van der Waals surface area contributed by atoms with Gasteiger partial charge in [-0.05, 0) is 47.4 Å². The van der Waals surface area contributed by atoms with Gasteiger partial charge in [0.25, 0.3) is 0 Å². The predicted octanol–water partition coefficient (Wildman–Crippen LogP) is 3.80. The van der Waals surface area contributed by atoms with Gasteiger partial charge in [-0.2, -0.15) is 0 Å². The van der Waals surface area contributed by atoms with Crippen molar-refractivity contribution in [3.63, 3.8) is 0 Å². The first-order valence-electron chi connectivity index (χ1n) is 7.80. The second-order valence-corrected chi connectivity index (χ2v) is 5.86. The van der Waals surface area contributed by atoms with Crippen molar-refractivity contribution in [1.29, 1.82) is 0 Å². The maximum atomic E-state index is 13.0. The number of carbonyl (C=O) groups is 2. The first kappa shape index (κ1) is 18.6. The van der Waals surface area contributed by atoms with E-state index in [1.165, 1.54) is 31.4 Å². The lowest BCUT2D eigenvalue weighted by atomic mass is 9.97. The van der Waals surface area contributed by atoms with Crippen LogP contribution in [0, 0.1) is 5.82 Å². The lowest BCUT2D eigenvalue weighted by Gasteiger charge is -2.13. The maximum Gasteiger partial charge on any atom is 0.335 e. The van der Waals surface area contributed by atoms with Crippen molar-refractivity contribution in [2.45, 2.75) is 25.9 Å². The molecule has 0 aliphatic rings. The molecule has 0 spiro atoms. The van der Waals surface area contributed by atoms with E-state index in [4.69, 9.17) is 9.84 Å². The summed E-state index contributed by atoms with van der Waals surface area (Å²) in [4.78, 5) is 23.5. The van der Waals surface area contributed by atoms with Crippen LogP contribution in [-0.4, -0.2) is 24.1 Å². The van der Waals surface area contributed by atoms with Crippen LogP contribution in [0.1, 0.15) is 40.7 Å². The van der Waals surface area contributed by atoms with Gasteiger partial charge in [-0.1, -0.05) is 19.1 Å². The molecular weight excluding hydrogens is 325 g/mol. The molecule has 1 unspecified atom stereocenters. The highest BCUT2D eigenvalue weighted by atomic mass is 19.1. The van der Waals surface area contributed by atoms with Crippen LogP contribution >= 0.6 is 0 Å². The molecule has 132 valence electrons. The number of nitrogens with one attached hydrogen (secondary N) is 1. The fourth-order valence-corrected chi connectivity index (χ4v) is 2.54. The van der Waals surface area contributed by atoms with Crippen molar-refractivity contribution in [1.82, 2.24) is 0 Å². The lowest BCUT2D eigenvalue weighted by molar-refractivity contribution is -0.116. The van der Waals surface area contributed by atoms with Crippen LogP contribution < -0.4 is 5.32 Å². The van der Waals surface area contributed by atoms with Crippen molar-refractivity contribution < 1.29 is 23.8 Å². The summed E-state index contributed by atoms with van der Waals surface area (Å²) in [6.45, 7) is 2.12. The fraction of sp³-hybridized carbons (Fsp3) is 0.263. The summed E-state index contributed by atoms with van der Waals surface area (Å²) in [5.74, 6) is -1.74. The Labute approximate surface area is 145 Å². The van der Waals surface area contributed by atoms with Crippen LogP contribution in [0.5, 0.6) is 0 Å². The minimum atomic E-state index is -1.08. The van der Waals surface area contributed by atoms with Gasteiger partial charge < -0.3 is 15.2 Å². The van der Waals surface area contributed by atoms with E-state index in [9.17, 15) is 14.0 Å². The van der Waals surface area contributed by atoms with Gasteiger partial charge in [0, 0.05) is 19.2 Å². The van der Waals surface area contributed by atoms with Crippen molar-refractivity contribution >= 4 is 17.6 Å². The Morgan fingerprint density at radius 2 is 1.88 bits per heavy atom. The molecule has 0 saturated carbocycles. The number of halogens is 1. The van der Waals surface area contributed by atoms with E-state index in [1.54, 1.807) is 18.2 Å². The van der Waals surface area contributed by atoms with E-state index in [0.717, 1.165) is 5.56 Å². The number of hydrogen-bond donors (Lipinski definition) is 2. The molecule has 6 heteroatoms. The minimum absolute atomic E-state index is 0.0800. The number of aromatic carboxylic acids is 1. The zero-order valence-electron chi connectivity index (χ0n) is 14.1. The Kier molecular flexibility index (Phi) is 6.25. The molecule has 0 heterocycles. The topological polar surface area (TPSA) is 75.6 Å². The van der Waals surface area contributed by atoms with Gasteiger partial charge in [-0.25, -0.2) is 9.18 Å². The van der Waals surface area contributed by atoms with Gasteiger partial charge in [0.2, 0.25) is 5.91 Å². The van der Waals surface area contributed by atoms with Crippen LogP contribution in [-0.2, 0) is 16.1 Å². The molecule has 1 atom stereocenters. The molecule has 2 aromatic rings. The molecule has 2 aromatic carbocycles. The first-order chi connectivity index (χ1) is 11.9. The van der Waals surface area contributed by atoms with Gasteiger partial charge in [0.1, 0.15) is 5.82 Å². The Morgan fingerprint density at radius 1 is 1.20 bits per heavy atom. The molecule has 2 N–H and O–H groups in total. The lowest BCUT2D eigenvalue weighted by Crippen LogP contribution is -2.15. The highest BCUT2D eigenvalue weighted by Gasteiger charge is 2.13. The average Bonchev–Trinajstić information content (AvgIpc) is 2.55. The fourth-order valence-electron chi connectivity index (χ4n) is 2.54. The number of benzene rings is 2. The van der Waals surface area contributed by atoms with Crippen molar-refractivity contribution in [3.8, 4) is 0 Å². The Morgan fingerprint density at radius 3 is 2.48 bits per heavy atom. The first-order valence-corrected chi connectivity index (χ1v) is 7.80. The van der Waals surface area contributed by atoms with E-state index < -0.39 is 5.97 Å². The van der Waals surface area contributed by atoms with Gasteiger partial charge in [-0.3, -0.25) is 4.79 Å². The summed E-state index contributed by atoms with van der Waals surface area (Å²) in [5, 5.41) is 11.9. The third-order valence-corrected chi connectivity index (χ3v) is 3.77. The van der Waals surface area contributed by atoms with Crippen molar-refractivity contribution in [2.24, 2.45) is 0 Å². The van der Waals surface area contributed by atoms with Crippen molar-refractivity contribution in [3.05, 3.63) is 65.0 Å². The Hall–Kier alpha value is -2.73. The van der Waals surface area contributed by atoms with Gasteiger partial charge in [0.15, 0.2) is 0 Å². The normalized spacial score (nSPS) is 11.8. The largest absolute Gasteiger partial charge is 0.478 e. The molecule has 2 rings (SSSR count). The molecule has 0 aromatic heterocycles. The Balaban J connectivity index is 2.08. The summed E-state index contributed by atoms with van der Waals surface area (Å²) in [6, 6.07) is 10.6. The average molecular weight is 345 g/mol. The van der Waals surface area contributed by atoms with Crippen LogP contribution in [0.2, 0.25) is 0 Å². The number of methoxy groups -OCH3 is 1. The van der Waals surface area contributed by atoms with Crippen LogP contribution in [0.15, 0.2) is 42.5 Å². The quantitative estimate of drug-likeness (QED) is 0.800. The molecule has 0 aliphatic heterocycles. The summed E-state index contributed by atoms with van der Waals surface area (Å²) in [6.07, 6.45) is 0.197. The molecule has 0 fully saturated rings. The molecule has 0 aliphatic carbocycles. The minimum Gasteiger partial charge on any atom is -0.478 e. The van der Waals surface area contributed by atoms with Crippen molar-refractivity contribution in [2.75, 3.05) is 12.4 Å². The van der Waals surface area contributed by atoms with E-state index in [0.29, 0.717) is 11.3 Å². The number of anilines is 1. The third kappa shape index (κ3) is 5.39. The summed E-state index contributed by atoms with van der Waals surface area (Å²) >= 11 is 0. The number of ether oxygens (including phenoxy) is 1. The summed E-state index contributed by atoms with van der Waals surface area (Å²) < 4.78 is 18.0. The van der Waals surface area contributed by atoms with Crippen LogP contribution in [0.25, 0.3) is 0 Å². The zero-order valence-corrected chi connectivity index (χ0v) is 14.1. The van der Waals surface area contributed by atoms with E-state index >= 15 is 0 Å². The number of amides is 1. The second kappa shape index (κ2) is 8.39. The van der Waals surface area contributed by atoms with E-state index in [2.05, 4.69) is 5.32 Å². The number of rotatable bonds is 7. The molecule has 5 nitrogen and oxygen atoms in total. The molecule has 0 saturated heterocycles. The van der Waals surface area contributed by atoms with E-state index in [1.807, 2.05) is 6.92 Å².